The number of likely N-dealkylation sites (tertiary alicyclic amines) is 1. The van der Waals surface area contributed by atoms with Crippen LogP contribution in [-0.4, -0.2) is 18.2 Å². The number of hydrogen-bond donors (Lipinski definition) is 2. The molecule has 1 saturated heterocycles. The number of benzene rings is 1. The highest BCUT2D eigenvalue weighted by Crippen LogP contribution is 2.30. The Morgan fingerprint density at radius 3 is 2.88 bits per heavy atom. The fourth-order valence-electron chi connectivity index (χ4n) is 2.58. The molecule has 4 heteroatoms. The van der Waals surface area contributed by atoms with E-state index in [0.717, 1.165) is 31.1 Å². The molecule has 0 spiro atoms. The molecule has 1 heterocycles. The molecule has 2 nitrogen and oxygen atoms in total. The molecule has 1 aromatic carbocycles. The van der Waals surface area contributed by atoms with Crippen LogP contribution in [-0.2, 0) is 6.54 Å². The Kier molecular flexibility index (Phi) is 4.18. The molecule has 17 heavy (non-hydrogen) atoms. The van der Waals surface area contributed by atoms with E-state index in [1.165, 1.54) is 17.7 Å². The summed E-state index contributed by atoms with van der Waals surface area (Å²) in [6.45, 7) is 5.40. The second-order valence-corrected chi connectivity index (χ2v) is 5.87. The van der Waals surface area contributed by atoms with E-state index in [4.69, 9.17) is 23.2 Å². The van der Waals surface area contributed by atoms with Crippen LogP contribution in [0.2, 0.25) is 10.0 Å². The topological polar surface area (TPSA) is 24.7 Å². The molecule has 1 aromatic rings. The summed E-state index contributed by atoms with van der Waals surface area (Å²) in [5.41, 5.74) is 0.853. The first-order chi connectivity index (χ1) is 8.06. The quantitative estimate of drug-likeness (QED) is 0.851. The highest BCUT2D eigenvalue weighted by atomic mass is 35.5. The Morgan fingerprint density at radius 1 is 1.41 bits per heavy atom. The zero-order chi connectivity index (χ0) is 12.4. The summed E-state index contributed by atoms with van der Waals surface area (Å²) in [5, 5.41) is 10.8. The monoisotopic (exact) mass is 274 g/mol. The molecule has 2 rings (SSSR count). The van der Waals surface area contributed by atoms with Crippen molar-refractivity contribution in [1.29, 1.82) is 0 Å². The van der Waals surface area contributed by atoms with Crippen molar-refractivity contribution in [2.75, 3.05) is 13.1 Å². The fraction of sp³-hybridized carbons (Fsp3) is 0.538. The van der Waals surface area contributed by atoms with Gasteiger partial charge < -0.3 is 10.0 Å². The predicted molar refractivity (Wildman–Crippen MR) is 70.9 cm³/mol. The molecule has 0 amide bonds. The first kappa shape index (κ1) is 13.0. The lowest BCUT2D eigenvalue weighted by Crippen LogP contribution is -3.12. The van der Waals surface area contributed by atoms with E-state index in [0.29, 0.717) is 10.0 Å². The van der Waals surface area contributed by atoms with Gasteiger partial charge in [-0.05, 0) is 25.0 Å². The van der Waals surface area contributed by atoms with Crippen molar-refractivity contribution in [2.45, 2.75) is 26.3 Å². The molecule has 0 saturated carbocycles. The summed E-state index contributed by atoms with van der Waals surface area (Å²) in [6.07, 6.45) is 2.57. The minimum Gasteiger partial charge on any atom is -0.506 e. The zero-order valence-corrected chi connectivity index (χ0v) is 11.5. The molecule has 94 valence electrons. The molecular formula is C13H18Cl2NO+. The van der Waals surface area contributed by atoms with Gasteiger partial charge in [0.25, 0.3) is 0 Å². The maximum Gasteiger partial charge on any atom is 0.143 e. The van der Waals surface area contributed by atoms with E-state index in [-0.39, 0.29) is 5.75 Å². The lowest BCUT2D eigenvalue weighted by atomic mass is 10.00. The molecule has 0 radical (unpaired) electrons. The van der Waals surface area contributed by atoms with Crippen LogP contribution in [0.5, 0.6) is 5.75 Å². The minimum atomic E-state index is 0.182. The van der Waals surface area contributed by atoms with Crippen LogP contribution < -0.4 is 4.90 Å². The highest BCUT2D eigenvalue weighted by molar-refractivity contribution is 6.35. The normalized spacial score (nSPS) is 24.9. The first-order valence-electron chi connectivity index (χ1n) is 6.06. The minimum absolute atomic E-state index is 0.182. The average Bonchev–Trinajstić information content (AvgIpc) is 2.25. The molecule has 2 atom stereocenters. The number of quaternary nitrogens is 1. The van der Waals surface area contributed by atoms with Gasteiger partial charge in [0.1, 0.15) is 12.3 Å². The van der Waals surface area contributed by atoms with Crippen molar-refractivity contribution in [3.05, 3.63) is 27.7 Å². The summed E-state index contributed by atoms with van der Waals surface area (Å²) in [4.78, 5) is 1.50. The molecule has 1 fully saturated rings. The maximum atomic E-state index is 9.91. The van der Waals surface area contributed by atoms with Gasteiger partial charge >= 0.3 is 0 Å². The standard InChI is InChI=1S/C13H17Cl2NO/c1-9-3-2-4-16(7-9)8-10-5-11(14)6-12(15)13(10)17/h5-6,9,17H,2-4,7-8H2,1H3/p+1/t9-/m1/s1. The summed E-state index contributed by atoms with van der Waals surface area (Å²) >= 11 is 11.9. The van der Waals surface area contributed by atoms with E-state index in [9.17, 15) is 5.11 Å². The second-order valence-electron chi connectivity index (χ2n) is 5.02. The van der Waals surface area contributed by atoms with Gasteiger partial charge in [0.05, 0.1) is 23.7 Å². The lowest BCUT2D eigenvalue weighted by Gasteiger charge is -2.28. The number of phenols is 1. The smallest absolute Gasteiger partial charge is 0.143 e. The van der Waals surface area contributed by atoms with E-state index >= 15 is 0 Å². The van der Waals surface area contributed by atoms with Gasteiger partial charge in [0, 0.05) is 10.9 Å². The van der Waals surface area contributed by atoms with Crippen LogP contribution in [0.1, 0.15) is 25.3 Å². The Morgan fingerprint density at radius 2 is 2.18 bits per heavy atom. The van der Waals surface area contributed by atoms with Gasteiger partial charge in [-0.2, -0.15) is 0 Å². The third-order valence-corrected chi connectivity index (χ3v) is 3.92. The van der Waals surface area contributed by atoms with Crippen molar-refractivity contribution in [1.82, 2.24) is 0 Å². The van der Waals surface area contributed by atoms with Gasteiger partial charge in [-0.1, -0.05) is 30.1 Å². The second kappa shape index (κ2) is 5.47. The zero-order valence-electron chi connectivity index (χ0n) is 9.97. The number of halogens is 2. The Labute approximate surface area is 112 Å². The molecule has 2 N–H and O–H groups in total. The Bertz CT molecular complexity index is 409. The Balaban J connectivity index is 2.12. The van der Waals surface area contributed by atoms with Crippen LogP contribution in [0, 0.1) is 5.92 Å². The van der Waals surface area contributed by atoms with Crippen molar-refractivity contribution < 1.29 is 10.0 Å². The molecule has 0 aliphatic carbocycles. The molecule has 0 aromatic heterocycles. The van der Waals surface area contributed by atoms with Gasteiger partial charge in [-0.15, -0.1) is 0 Å². The largest absolute Gasteiger partial charge is 0.506 e. The van der Waals surface area contributed by atoms with Gasteiger partial charge in [0.15, 0.2) is 0 Å². The molecule has 1 unspecified atom stereocenters. The van der Waals surface area contributed by atoms with E-state index in [1.54, 1.807) is 6.07 Å². The summed E-state index contributed by atoms with van der Waals surface area (Å²) in [5.74, 6) is 0.942. The molecule has 1 aliphatic heterocycles. The number of rotatable bonds is 2. The van der Waals surface area contributed by atoms with Crippen molar-refractivity contribution in [3.63, 3.8) is 0 Å². The average molecular weight is 275 g/mol. The van der Waals surface area contributed by atoms with Crippen LogP contribution in [0.4, 0.5) is 0 Å². The summed E-state index contributed by atoms with van der Waals surface area (Å²) in [6, 6.07) is 3.39. The van der Waals surface area contributed by atoms with Crippen LogP contribution in [0.25, 0.3) is 0 Å². The molecular weight excluding hydrogens is 257 g/mol. The summed E-state index contributed by atoms with van der Waals surface area (Å²) in [7, 11) is 0. The van der Waals surface area contributed by atoms with Crippen molar-refractivity contribution in [2.24, 2.45) is 5.92 Å². The van der Waals surface area contributed by atoms with E-state index < -0.39 is 0 Å². The third-order valence-electron chi connectivity index (χ3n) is 3.41. The first-order valence-corrected chi connectivity index (χ1v) is 6.82. The number of piperidine rings is 1. The van der Waals surface area contributed by atoms with Crippen molar-refractivity contribution in [3.8, 4) is 5.75 Å². The SMILES string of the molecule is C[C@@H]1CCC[NH+](Cc2cc(Cl)cc(Cl)c2O)C1. The van der Waals surface area contributed by atoms with Gasteiger partial charge in [-0.25, -0.2) is 0 Å². The van der Waals surface area contributed by atoms with Gasteiger partial charge in [-0.3, -0.25) is 0 Å². The van der Waals surface area contributed by atoms with Crippen molar-refractivity contribution >= 4 is 23.2 Å². The van der Waals surface area contributed by atoms with Gasteiger partial charge in [0.2, 0.25) is 0 Å². The molecule has 0 bridgehead atoms. The lowest BCUT2D eigenvalue weighted by molar-refractivity contribution is -0.922. The van der Waals surface area contributed by atoms with Crippen LogP contribution in [0.3, 0.4) is 0 Å². The Hall–Kier alpha value is -0.440. The van der Waals surface area contributed by atoms with E-state index in [2.05, 4.69) is 6.92 Å². The number of nitrogens with one attached hydrogen (secondary N) is 1. The van der Waals surface area contributed by atoms with E-state index in [1.807, 2.05) is 6.07 Å². The number of phenolic OH excluding ortho intramolecular Hbond substituents is 1. The van der Waals surface area contributed by atoms with Crippen LogP contribution >= 0.6 is 23.2 Å². The maximum absolute atomic E-state index is 9.91. The predicted octanol–water partition coefficient (Wildman–Crippen LogP) is 2.51. The third kappa shape index (κ3) is 3.27. The summed E-state index contributed by atoms with van der Waals surface area (Å²) < 4.78 is 0. The molecule has 1 aliphatic rings. The van der Waals surface area contributed by atoms with Crippen LogP contribution in [0.15, 0.2) is 12.1 Å². The number of hydrogen-bond acceptors (Lipinski definition) is 1. The highest BCUT2D eigenvalue weighted by Gasteiger charge is 2.21. The number of aromatic hydroxyl groups is 1. The fourth-order valence-corrected chi connectivity index (χ4v) is 3.12.